The Balaban J connectivity index is 0.00000240. The molecule has 6 heteroatoms. The number of aromatic nitrogens is 3. The van der Waals surface area contributed by atoms with Gasteiger partial charge in [-0.3, -0.25) is 4.68 Å². The molecule has 1 aliphatic rings. The number of benzene rings is 1. The number of nitrogens with zero attached hydrogens (tertiary/aromatic N) is 4. The quantitative estimate of drug-likeness (QED) is 0.564. The van der Waals surface area contributed by atoms with Crippen molar-refractivity contribution in [2.24, 2.45) is 13.0 Å². The number of hydrogen-bond acceptors (Lipinski definition) is 4. The molecular formula is C23H34ClN5. The van der Waals surface area contributed by atoms with Gasteiger partial charge in [0.1, 0.15) is 0 Å². The molecule has 1 saturated heterocycles. The summed E-state index contributed by atoms with van der Waals surface area (Å²) in [6.07, 6.45) is 5.20. The summed E-state index contributed by atoms with van der Waals surface area (Å²) < 4.78 is 1.89. The van der Waals surface area contributed by atoms with Crippen molar-refractivity contribution in [3.63, 3.8) is 0 Å². The highest BCUT2D eigenvalue weighted by Crippen LogP contribution is 2.32. The highest BCUT2D eigenvalue weighted by atomic mass is 35.5. The van der Waals surface area contributed by atoms with E-state index in [9.17, 15) is 0 Å². The maximum absolute atomic E-state index is 4.84. The first kappa shape index (κ1) is 21.8. The molecule has 3 heterocycles. The number of pyridine rings is 1. The van der Waals surface area contributed by atoms with E-state index < -0.39 is 0 Å². The predicted molar refractivity (Wildman–Crippen MR) is 125 cm³/mol. The van der Waals surface area contributed by atoms with Gasteiger partial charge in [0.2, 0.25) is 0 Å². The van der Waals surface area contributed by atoms with Gasteiger partial charge in [-0.05, 0) is 45.1 Å². The van der Waals surface area contributed by atoms with Gasteiger partial charge in [-0.25, -0.2) is 4.98 Å². The van der Waals surface area contributed by atoms with Crippen molar-refractivity contribution in [3.05, 3.63) is 30.0 Å². The first-order valence-electron chi connectivity index (χ1n) is 10.8. The Kier molecular flexibility index (Phi) is 7.01. The van der Waals surface area contributed by atoms with Gasteiger partial charge in [-0.2, -0.15) is 5.10 Å². The highest BCUT2D eigenvalue weighted by Gasteiger charge is 2.23. The molecule has 1 fully saturated rings. The van der Waals surface area contributed by atoms with Crippen molar-refractivity contribution in [2.75, 3.05) is 25.0 Å². The first-order valence-corrected chi connectivity index (χ1v) is 10.8. The summed E-state index contributed by atoms with van der Waals surface area (Å²) in [4.78, 5) is 7.53. The molecule has 158 valence electrons. The van der Waals surface area contributed by atoms with Crippen LogP contribution in [0, 0.1) is 12.8 Å². The lowest BCUT2D eigenvalue weighted by molar-refractivity contribution is 0.115. The molecule has 0 radical (unpaired) electrons. The number of piperidine rings is 1. The maximum Gasteiger partial charge on any atom is 0.160 e. The number of fused-ring (bicyclic) bond motifs is 2. The number of halogens is 1. The van der Waals surface area contributed by atoms with Crippen LogP contribution in [-0.4, -0.2) is 45.3 Å². The van der Waals surface area contributed by atoms with Gasteiger partial charge >= 0.3 is 0 Å². The van der Waals surface area contributed by atoms with Crippen LogP contribution in [0.4, 0.5) is 5.69 Å². The number of likely N-dealkylation sites (tertiary alicyclic amines) is 1. The Morgan fingerprint density at radius 1 is 1.21 bits per heavy atom. The van der Waals surface area contributed by atoms with E-state index in [1.807, 2.05) is 11.7 Å². The SMILES string of the molecule is CCC1CCC(C)N(CCCNc2c3ccccc3nc3c2c(C)nn3C)C1.Cl. The molecule has 0 amide bonds. The van der Waals surface area contributed by atoms with Gasteiger partial charge in [0.25, 0.3) is 0 Å². The number of para-hydroxylation sites is 1. The fraction of sp³-hybridized carbons (Fsp3) is 0.565. The molecule has 0 saturated carbocycles. The lowest BCUT2D eigenvalue weighted by Crippen LogP contribution is -2.42. The van der Waals surface area contributed by atoms with Crippen LogP contribution in [0.15, 0.2) is 24.3 Å². The highest BCUT2D eigenvalue weighted by molar-refractivity contribution is 6.07. The molecule has 5 nitrogen and oxygen atoms in total. The minimum Gasteiger partial charge on any atom is -0.384 e. The van der Waals surface area contributed by atoms with Gasteiger partial charge in [0.15, 0.2) is 5.65 Å². The lowest BCUT2D eigenvalue weighted by atomic mass is 9.91. The summed E-state index contributed by atoms with van der Waals surface area (Å²) in [5.41, 5.74) is 4.20. The molecule has 4 rings (SSSR count). The van der Waals surface area contributed by atoms with Crippen LogP contribution in [0.2, 0.25) is 0 Å². The van der Waals surface area contributed by atoms with Crippen LogP contribution in [0.25, 0.3) is 21.9 Å². The second kappa shape index (κ2) is 9.31. The molecular weight excluding hydrogens is 382 g/mol. The van der Waals surface area contributed by atoms with E-state index in [0.29, 0.717) is 0 Å². The van der Waals surface area contributed by atoms with Crippen molar-refractivity contribution in [3.8, 4) is 0 Å². The van der Waals surface area contributed by atoms with E-state index in [-0.39, 0.29) is 12.4 Å². The van der Waals surface area contributed by atoms with E-state index in [1.54, 1.807) is 0 Å². The Morgan fingerprint density at radius 3 is 2.79 bits per heavy atom. The van der Waals surface area contributed by atoms with E-state index in [1.165, 1.54) is 43.4 Å². The maximum atomic E-state index is 4.84. The minimum atomic E-state index is 0. The molecule has 3 aromatic rings. The lowest BCUT2D eigenvalue weighted by Gasteiger charge is -2.37. The second-order valence-corrected chi connectivity index (χ2v) is 8.39. The molecule has 2 atom stereocenters. The van der Waals surface area contributed by atoms with Gasteiger partial charge in [0.05, 0.1) is 22.3 Å². The van der Waals surface area contributed by atoms with Crippen molar-refractivity contribution in [1.29, 1.82) is 0 Å². The summed E-state index contributed by atoms with van der Waals surface area (Å²) in [5.74, 6) is 0.881. The number of aryl methyl sites for hydroxylation is 2. The van der Waals surface area contributed by atoms with E-state index in [2.05, 4.69) is 60.4 Å². The third kappa shape index (κ3) is 4.36. The monoisotopic (exact) mass is 415 g/mol. The van der Waals surface area contributed by atoms with Gasteiger partial charge in [-0.1, -0.05) is 31.5 Å². The number of rotatable bonds is 6. The average Bonchev–Trinajstić information content (AvgIpc) is 2.99. The second-order valence-electron chi connectivity index (χ2n) is 8.39. The van der Waals surface area contributed by atoms with Crippen molar-refractivity contribution in [1.82, 2.24) is 19.7 Å². The fourth-order valence-corrected chi connectivity index (χ4v) is 4.68. The van der Waals surface area contributed by atoms with Crippen LogP contribution in [0.5, 0.6) is 0 Å². The Hall–Kier alpha value is -1.85. The number of nitrogens with one attached hydrogen (secondary N) is 1. The van der Waals surface area contributed by atoms with Crippen molar-refractivity contribution < 1.29 is 0 Å². The third-order valence-electron chi connectivity index (χ3n) is 6.45. The largest absolute Gasteiger partial charge is 0.384 e. The average molecular weight is 416 g/mol. The molecule has 0 aliphatic carbocycles. The number of hydrogen-bond donors (Lipinski definition) is 1. The standard InChI is InChI=1S/C23H33N5.ClH/c1-5-18-12-11-16(2)28(15-18)14-8-13-24-22-19-9-6-7-10-20(19)25-23-21(22)17(3)26-27(23)4;/h6-7,9-10,16,18H,5,8,11-15H2,1-4H3,(H,24,25);1H. The summed E-state index contributed by atoms with van der Waals surface area (Å²) in [7, 11) is 1.97. The van der Waals surface area contributed by atoms with Crippen LogP contribution < -0.4 is 5.32 Å². The summed E-state index contributed by atoms with van der Waals surface area (Å²) in [6.45, 7) is 10.2. The van der Waals surface area contributed by atoms with Gasteiger partial charge in [0, 0.05) is 38.1 Å². The molecule has 0 bridgehead atoms. The van der Waals surface area contributed by atoms with E-state index >= 15 is 0 Å². The van der Waals surface area contributed by atoms with Crippen molar-refractivity contribution >= 4 is 40.0 Å². The molecule has 0 spiro atoms. The zero-order chi connectivity index (χ0) is 19.7. The normalized spacial score (nSPS) is 20.1. The van der Waals surface area contributed by atoms with Crippen LogP contribution in [0.3, 0.4) is 0 Å². The fourth-order valence-electron chi connectivity index (χ4n) is 4.68. The minimum absolute atomic E-state index is 0. The Labute approximate surface area is 180 Å². The molecule has 2 unspecified atom stereocenters. The van der Waals surface area contributed by atoms with Crippen molar-refractivity contribution in [2.45, 2.75) is 52.5 Å². The molecule has 29 heavy (non-hydrogen) atoms. The smallest absolute Gasteiger partial charge is 0.160 e. The molecule has 1 aromatic carbocycles. The molecule has 1 aliphatic heterocycles. The zero-order valence-corrected chi connectivity index (χ0v) is 18.9. The van der Waals surface area contributed by atoms with Gasteiger partial charge < -0.3 is 10.2 Å². The van der Waals surface area contributed by atoms with E-state index in [4.69, 9.17) is 4.98 Å². The summed E-state index contributed by atoms with van der Waals surface area (Å²) in [6, 6.07) is 9.11. The molecule has 2 aromatic heterocycles. The third-order valence-corrected chi connectivity index (χ3v) is 6.45. The summed E-state index contributed by atoms with van der Waals surface area (Å²) in [5, 5.41) is 10.7. The number of anilines is 1. The van der Waals surface area contributed by atoms with E-state index in [0.717, 1.165) is 47.2 Å². The summed E-state index contributed by atoms with van der Waals surface area (Å²) >= 11 is 0. The topological polar surface area (TPSA) is 46.0 Å². The molecule has 1 N–H and O–H groups in total. The zero-order valence-electron chi connectivity index (χ0n) is 18.1. The van der Waals surface area contributed by atoms with Crippen LogP contribution in [-0.2, 0) is 7.05 Å². The Bertz CT molecular complexity index is 967. The van der Waals surface area contributed by atoms with Gasteiger partial charge in [-0.15, -0.1) is 12.4 Å². The predicted octanol–water partition coefficient (Wildman–Crippen LogP) is 5.16. The van der Waals surface area contributed by atoms with Crippen LogP contribution in [0.1, 0.15) is 45.2 Å². The first-order chi connectivity index (χ1) is 13.6. The Morgan fingerprint density at radius 2 is 2.00 bits per heavy atom. The van der Waals surface area contributed by atoms with Crippen LogP contribution >= 0.6 is 12.4 Å².